The molecule has 0 N–H and O–H groups in total. The molecule has 70 valence electrons. The summed E-state index contributed by atoms with van der Waals surface area (Å²) in [5, 5.41) is 8.75. The van der Waals surface area contributed by atoms with Gasteiger partial charge in [-0.2, -0.15) is 5.26 Å². The van der Waals surface area contributed by atoms with Crippen molar-refractivity contribution >= 4 is 22.0 Å². The van der Waals surface area contributed by atoms with Crippen LogP contribution in [0.25, 0.3) is 6.08 Å². The molecule has 0 saturated carbocycles. The SMILES string of the molecule is Cc1cc(Br)cc2c1OCC(C#N)=C2. The molecule has 2 rings (SSSR count). The molecule has 0 saturated heterocycles. The van der Waals surface area contributed by atoms with Crippen molar-refractivity contribution in [2.75, 3.05) is 6.61 Å². The number of nitriles is 1. The first-order valence-corrected chi connectivity index (χ1v) is 5.03. The molecule has 0 spiro atoms. The second-order valence-corrected chi connectivity index (χ2v) is 4.13. The monoisotopic (exact) mass is 249 g/mol. The lowest BCUT2D eigenvalue weighted by atomic mass is 10.1. The van der Waals surface area contributed by atoms with Gasteiger partial charge in [-0.1, -0.05) is 15.9 Å². The molecule has 1 aromatic rings. The summed E-state index contributed by atoms with van der Waals surface area (Å²) >= 11 is 3.42. The van der Waals surface area contributed by atoms with Gasteiger partial charge in [0, 0.05) is 10.0 Å². The topological polar surface area (TPSA) is 33.0 Å². The van der Waals surface area contributed by atoms with Crippen LogP contribution in [-0.2, 0) is 0 Å². The van der Waals surface area contributed by atoms with Crippen LogP contribution in [0.15, 0.2) is 22.2 Å². The fraction of sp³-hybridized carbons (Fsp3) is 0.182. The number of hydrogen-bond donors (Lipinski definition) is 0. The van der Waals surface area contributed by atoms with E-state index in [4.69, 9.17) is 10.00 Å². The van der Waals surface area contributed by atoms with E-state index in [0.717, 1.165) is 21.3 Å². The fourth-order valence-corrected chi connectivity index (χ4v) is 2.09. The Balaban J connectivity index is 2.59. The Morgan fingerprint density at radius 1 is 1.50 bits per heavy atom. The average molecular weight is 250 g/mol. The van der Waals surface area contributed by atoms with Gasteiger partial charge in [0.05, 0.1) is 11.6 Å². The Morgan fingerprint density at radius 2 is 2.29 bits per heavy atom. The maximum absolute atomic E-state index is 8.75. The number of nitrogens with zero attached hydrogens (tertiary/aromatic N) is 1. The number of ether oxygens (including phenoxy) is 1. The molecule has 1 aromatic carbocycles. The van der Waals surface area contributed by atoms with E-state index in [1.54, 1.807) is 0 Å². The second-order valence-electron chi connectivity index (χ2n) is 3.21. The van der Waals surface area contributed by atoms with Gasteiger partial charge in [-0.15, -0.1) is 0 Å². The van der Waals surface area contributed by atoms with E-state index >= 15 is 0 Å². The summed E-state index contributed by atoms with van der Waals surface area (Å²) in [6.07, 6.45) is 1.87. The Bertz CT molecular complexity index is 457. The van der Waals surface area contributed by atoms with Crippen molar-refractivity contribution < 1.29 is 4.74 Å². The first-order valence-electron chi connectivity index (χ1n) is 4.24. The maximum Gasteiger partial charge on any atom is 0.130 e. The summed E-state index contributed by atoms with van der Waals surface area (Å²) < 4.78 is 6.51. The van der Waals surface area contributed by atoms with Gasteiger partial charge in [0.2, 0.25) is 0 Å². The van der Waals surface area contributed by atoms with Crippen LogP contribution in [0.4, 0.5) is 0 Å². The summed E-state index contributed by atoms with van der Waals surface area (Å²) in [5.74, 6) is 0.882. The summed E-state index contributed by atoms with van der Waals surface area (Å²) in [6, 6.07) is 6.07. The summed E-state index contributed by atoms with van der Waals surface area (Å²) in [6.45, 7) is 2.38. The van der Waals surface area contributed by atoms with E-state index in [1.807, 2.05) is 25.1 Å². The van der Waals surface area contributed by atoms with E-state index in [2.05, 4.69) is 22.0 Å². The van der Waals surface area contributed by atoms with E-state index in [9.17, 15) is 0 Å². The summed E-state index contributed by atoms with van der Waals surface area (Å²) in [7, 11) is 0. The van der Waals surface area contributed by atoms with Gasteiger partial charge in [0.25, 0.3) is 0 Å². The van der Waals surface area contributed by atoms with Crippen molar-refractivity contribution in [1.29, 1.82) is 5.26 Å². The summed E-state index contributed by atoms with van der Waals surface area (Å²) in [5.41, 5.74) is 2.72. The van der Waals surface area contributed by atoms with Crippen LogP contribution in [0.3, 0.4) is 0 Å². The van der Waals surface area contributed by atoms with Crippen LogP contribution in [0.5, 0.6) is 5.75 Å². The van der Waals surface area contributed by atoms with Gasteiger partial charge in [-0.05, 0) is 30.7 Å². The first kappa shape index (κ1) is 9.29. The standard InChI is InChI=1S/C11H8BrNO/c1-7-2-10(12)4-9-3-8(5-13)6-14-11(7)9/h2-4H,6H2,1H3. The predicted molar refractivity (Wildman–Crippen MR) is 58.0 cm³/mol. The highest BCUT2D eigenvalue weighted by Gasteiger charge is 2.13. The van der Waals surface area contributed by atoms with Gasteiger partial charge in [0.15, 0.2) is 0 Å². The maximum atomic E-state index is 8.75. The van der Waals surface area contributed by atoms with E-state index in [-0.39, 0.29) is 0 Å². The highest BCUT2D eigenvalue weighted by atomic mass is 79.9. The predicted octanol–water partition coefficient (Wildman–Crippen LogP) is 3.06. The van der Waals surface area contributed by atoms with Crippen LogP contribution in [0.2, 0.25) is 0 Å². The smallest absolute Gasteiger partial charge is 0.130 e. The van der Waals surface area contributed by atoms with Crippen molar-refractivity contribution in [1.82, 2.24) is 0 Å². The molecule has 0 unspecified atom stereocenters. The average Bonchev–Trinajstić information content (AvgIpc) is 2.16. The minimum Gasteiger partial charge on any atom is -0.487 e. The zero-order chi connectivity index (χ0) is 10.1. The molecule has 0 atom stereocenters. The number of benzene rings is 1. The molecule has 1 aliphatic heterocycles. The van der Waals surface area contributed by atoms with Gasteiger partial charge in [0.1, 0.15) is 12.4 Å². The molecule has 0 aliphatic carbocycles. The molecule has 0 fully saturated rings. The van der Waals surface area contributed by atoms with E-state index in [0.29, 0.717) is 12.2 Å². The second kappa shape index (κ2) is 3.47. The van der Waals surface area contributed by atoms with Gasteiger partial charge < -0.3 is 4.74 Å². The highest BCUT2D eigenvalue weighted by Crippen LogP contribution is 2.32. The third-order valence-corrected chi connectivity index (χ3v) is 2.57. The molecular weight excluding hydrogens is 242 g/mol. The molecule has 0 bridgehead atoms. The molecule has 3 heteroatoms. The molecule has 1 aliphatic rings. The third kappa shape index (κ3) is 1.53. The lowest BCUT2D eigenvalue weighted by Gasteiger charge is -2.16. The van der Waals surface area contributed by atoms with Gasteiger partial charge in [-0.3, -0.25) is 0 Å². The molecule has 14 heavy (non-hydrogen) atoms. The molecular formula is C11H8BrNO. The Hall–Kier alpha value is -1.27. The van der Waals surface area contributed by atoms with Crippen molar-refractivity contribution in [2.45, 2.75) is 6.92 Å². The van der Waals surface area contributed by atoms with Crippen LogP contribution < -0.4 is 4.74 Å². The van der Waals surface area contributed by atoms with Gasteiger partial charge >= 0.3 is 0 Å². The molecule has 1 heterocycles. The minimum atomic E-state index is 0.381. The van der Waals surface area contributed by atoms with Crippen molar-refractivity contribution in [3.63, 3.8) is 0 Å². The number of aryl methyl sites for hydroxylation is 1. The fourth-order valence-electron chi connectivity index (χ4n) is 1.50. The van der Waals surface area contributed by atoms with Gasteiger partial charge in [-0.25, -0.2) is 0 Å². The largest absolute Gasteiger partial charge is 0.487 e. The van der Waals surface area contributed by atoms with Crippen LogP contribution in [0, 0.1) is 18.3 Å². The van der Waals surface area contributed by atoms with Crippen LogP contribution >= 0.6 is 15.9 Å². The lowest BCUT2D eigenvalue weighted by Crippen LogP contribution is -2.07. The Labute approximate surface area is 90.9 Å². The zero-order valence-electron chi connectivity index (χ0n) is 7.67. The highest BCUT2D eigenvalue weighted by molar-refractivity contribution is 9.10. The molecule has 0 amide bonds. The lowest BCUT2D eigenvalue weighted by molar-refractivity contribution is 0.349. The molecule has 0 radical (unpaired) electrons. The van der Waals surface area contributed by atoms with Crippen molar-refractivity contribution in [3.8, 4) is 11.8 Å². The summed E-state index contributed by atoms with van der Waals surface area (Å²) in [4.78, 5) is 0. The third-order valence-electron chi connectivity index (χ3n) is 2.11. The number of fused-ring (bicyclic) bond motifs is 1. The van der Waals surface area contributed by atoms with Crippen LogP contribution in [-0.4, -0.2) is 6.61 Å². The Kier molecular flexibility index (Phi) is 2.30. The zero-order valence-corrected chi connectivity index (χ0v) is 9.26. The Morgan fingerprint density at radius 3 is 3.00 bits per heavy atom. The van der Waals surface area contributed by atoms with E-state index < -0.39 is 0 Å². The number of rotatable bonds is 0. The van der Waals surface area contributed by atoms with Crippen molar-refractivity contribution in [3.05, 3.63) is 33.3 Å². The quantitative estimate of drug-likeness (QED) is 0.708. The van der Waals surface area contributed by atoms with Crippen LogP contribution in [0.1, 0.15) is 11.1 Å². The minimum absolute atomic E-state index is 0.381. The normalized spacial score (nSPS) is 13.6. The number of hydrogen-bond acceptors (Lipinski definition) is 2. The molecule has 0 aromatic heterocycles. The molecule has 2 nitrogen and oxygen atoms in total. The van der Waals surface area contributed by atoms with E-state index in [1.165, 1.54) is 0 Å². The first-order chi connectivity index (χ1) is 6.70. The number of halogens is 1. The van der Waals surface area contributed by atoms with Crippen molar-refractivity contribution in [2.24, 2.45) is 0 Å².